The van der Waals surface area contributed by atoms with Crippen LogP contribution in [0.3, 0.4) is 0 Å². The maximum atomic E-state index is 15.0. The second-order valence-corrected chi connectivity index (χ2v) is 11.5. The van der Waals surface area contributed by atoms with Crippen molar-refractivity contribution in [2.45, 2.75) is 70.1 Å². The molecule has 0 radical (unpaired) electrons. The lowest BCUT2D eigenvalue weighted by Crippen LogP contribution is -2.47. The molecular weight excluding hydrogens is 547 g/mol. The molecule has 42 heavy (non-hydrogen) atoms. The van der Waals surface area contributed by atoms with Gasteiger partial charge in [0.1, 0.15) is 11.6 Å². The number of hydrogen-bond donors (Lipinski definition) is 3. The zero-order valence-electron chi connectivity index (χ0n) is 24.0. The third kappa shape index (κ3) is 5.37. The Hall–Kier alpha value is -3.88. The lowest BCUT2D eigenvalue weighted by Gasteiger charge is -2.38. The number of nitrogens with one attached hydrogen (secondary N) is 1. The summed E-state index contributed by atoms with van der Waals surface area (Å²) in [5, 5.41) is 15.3. The molecule has 1 aliphatic heterocycles. The number of nitrogens with two attached hydrogens (primary N) is 1. The van der Waals surface area contributed by atoms with Crippen LogP contribution in [0.2, 0.25) is 0 Å². The van der Waals surface area contributed by atoms with E-state index < -0.39 is 40.5 Å². The highest BCUT2D eigenvalue weighted by molar-refractivity contribution is 5.95. The van der Waals surface area contributed by atoms with Gasteiger partial charge in [0.2, 0.25) is 5.91 Å². The van der Waals surface area contributed by atoms with E-state index in [1.165, 1.54) is 23.6 Å². The smallest absolute Gasteiger partial charge is 0.266 e. The van der Waals surface area contributed by atoms with Crippen LogP contribution < -0.4 is 16.6 Å². The first kappa shape index (κ1) is 29.6. The van der Waals surface area contributed by atoms with Crippen molar-refractivity contribution in [2.24, 2.45) is 12.8 Å². The summed E-state index contributed by atoms with van der Waals surface area (Å²) in [5.41, 5.74) is 4.63. The third-order valence-electron chi connectivity index (χ3n) is 8.42. The molecule has 222 valence electrons. The minimum Gasteiger partial charge on any atom is -0.385 e. The summed E-state index contributed by atoms with van der Waals surface area (Å²) < 4.78 is 43.3. The van der Waals surface area contributed by atoms with E-state index in [1.54, 1.807) is 31.9 Å². The van der Waals surface area contributed by atoms with E-state index in [2.05, 4.69) is 17.2 Å². The van der Waals surface area contributed by atoms with Crippen molar-refractivity contribution in [1.29, 1.82) is 0 Å². The standard InChI is InChI=1S/C31H34F3N5O3/c1-17(20-6-5-7-22(25(20)32)27(33)34)36-28-23-16-24(31(42)12-14-39(15-13-31)19(3)40)29(41)38(4)26(23)21(18(2)37-28)8-9-30(35)10-11-30/h5-7,16-17,27,42H,10-15,35H2,1-4H3,(H,36,37)/t17-/m1/s1. The van der Waals surface area contributed by atoms with Crippen molar-refractivity contribution in [3.8, 4) is 11.8 Å². The zero-order valence-corrected chi connectivity index (χ0v) is 24.0. The predicted molar refractivity (Wildman–Crippen MR) is 154 cm³/mol. The molecule has 2 aromatic heterocycles. The Kier molecular flexibility index (Phi) is 7.58. The number of likely N-dealkylation sites (tertiary alicyclic amines) is 1. The third-order valence-corrected chi connectivity index (χ3v) is 8.42. The largest absolute Gasteiger partial charge is 0.385 e. The number of carbonyl (C=O) groups is 1. The quantitative estimate of drug-likeness (QED) is 0.390. The number of alkyl halides is 2. The molecule has 1 aliphatic carbocycles. The summed E-state index contributed by atoms with van der Waals surface area (Å²) in [6.45, 7) is 5.40. The van der Waals surface area contributed by atoms with Gasteiger partial charge in [0.25, 0.3) is 12.0 Å². The van der Waals surface area contributed by atoms with Crippen LogP contribution in [0, 0.1) is 24.6 Å². The molecule has 11 heteroatoms. The number of hydrogen-bond acceptors (Lipinski definition) is 6. The summed E-state index contributed by atoms with van der Waals surface area (Å²) in [4.78, 5) is 32.0. The van der Waals surface area contributed by atoms with Gasteiger partial charge in [-0.3, -0.25) is 9.59 Å². The topological polar surface area (TPSA) is 113 Å². The Morgan fingerprint density at radius 1 is 1.19 bits per heavy atom. The molecule has 0 bridgehead atoms. The lowest BCUT2D eigenvalue weighted by atomic mass is 9.84. The molecule has 0 spiro atoms. The average Bonchev–Trinajstić information content (AvgIpc) is 3.67. The van der Waals surface area contributed by atoms with Crippen LogP contribution >= 0.6 is 0 Å². The second kappa shape index (κ2) is 10.7. The molecule has 1 aromatic carbocycles. The fraction of sp³-hybridized carbons (Fsp3) is 0.452. The molecule has 1 atom stereocenters. The number of anilines is 1. The molecule has 2 fully saturated rings. The Bertz CT molecular complexity index is 1700. The fourth-order valence-corrected chi connectivity index (χ4v) is 5.53. The number of rotatable bonds is 5. The minimum atomic E-state index is -2.97. The molecule has 3 aromatic rings. The number of pyridine rings is 2. The molecule has 8 nitrogen and oxygen atoms in total. The molecule has 4 N–H and O–H groups in total. The van der Waals surface area contributed by atoms with Gasteiger partial charge in [-0.15, -0.1) is 0 Å². The van der Waals surface area contributed by atoms with Crippen molar-refractivity contribution >= 4 is 22.6 Å². The highest BCUT2D eigenvalue weighted by Gasteiger charge is 2.38. The van der Waals surface area contributed by atoms with E-state index in [1.807, 2.05) is 0 Å². The fourth-order valence-electron chi connectivity index (χ4n) is 5.53. The van der Waals surface area contributed by atoms with Crippen molar-refractivity contribution in [1.82, 2.24) is 14.5 Å². The van der Waals surface area contributed by atoms with Gasteiger partial charge in [-0.1, -0.05) is 30.0 Å². The number of carbonyl (C=O) groups excluding carboxylic acids is 1. The van der Waals surface area contributed by atoms with Gasteiger partial charge in [-0.2, -0.15) is 0 Å². The van der Waals surface area contributed by atoms with Crippen LogP contribution in [0.5, 0.6) is 0 Å². The molecule has 0 unspecified atom stereocenters. The number of aliphatic hydroxyl groups is 1. The minimum absolute atomic E-state index is 0.0309. The summed E-state index contributed by atoms with van der Waals surface area (Å²) in [6.07, 6.45) is -1.11. The Morgan fingerprint density at radius 3 is 2.43 bits per heavy atom. The summed E-state index contributed by atoms with van der Waals surface area (Å²) >= 11 is 0. The van der Waals surface area contributed by atoms with Gasteiger partial charge < -0.3 is 25.6 Å². The van der Waals surface area contributed by atoms with Crippen LogP contribution in [0.4, 0.5) is 19.0 Å². The van der Waals surface area contributed by atoms with Gasteiger partial charge in [0.15, 0.2) is 0 Å². The average molecular weight is 582 g/mol. The van der Waals surface area contributed by atoms with Gasteiger partial charge in [0.05, 0.1) is 39.5 Å². The summed E-state index contributed by atoms with van der Waals surface area (Å²) in [5.74, 6) is 5.37. The second-order valence-electron chi connectivity index (χ2n) is 11.5. The molecule has 1 saturated carbocycles. The molecule has 1 saturated heterocycles. The number of fused-ring (bicyclic) bond motifs is 1. The maximum Gasteiger partial charge on any atom is 0.266 e. The number of halogens is 3. The number of benzene rings is 1. The maximum absolute atomic E-state index is 15.0. The van der Waals surface area contributed by atoms with Crippen molar-refractivity contribution in [3.63, 3.8) is 0 Å². The normalized spacial score (nSPS) is 18.0. The van der Waals surface area contributed by atoms with Gasteiger partial charge in [0, 0.05) is 43.6 Å². The van der Waals surface area contributed by atoms with Gasteiger partial charge in [-0.25, -0.2) is 18.2 Å². The van der Waals surface area contributed by atoms with Gasteiger partial charge >= 0.3 is 0 Å². The number of nitrogens with zero attached hydrogens (tertiary/aromatic N) is 3. The highest BCUT2D eigenvalue weighted by atomic mass is 19.3. The monoisotopic (exact) mass is 581 g/mol. The van der Waals surface area contributed by atoms with Crippen LogP contribution in [0.1, 0.15) is 79.9 Å². The summed E-state index contributed by atoms with van der Waals surface area (Å²) in [7, 11) is 1.58. The van der Waals surface area contributed by atoms with Gasteiger partial charge in [-0.05, 0) is 45.6 Å². The van der Waals surface area contributed by atoms with E-state index >= 15 is 4.39 Å². The molecule has 3 heterocycles. The lowest BCUT2D eigenvalue weighted by molar-refractivity contribution is -0.133. The van der Waals surface area contributed by atoms with Crippen molar-refractivity contribution in [3.05, 3.63) is 68.4 Å². The van der Waals surface area contributed by atoms with Crippen LogP contribution in [-0.4, -0.2) is 44.1 Å². The Balaban J connectivity index is 1.67. The number of aromatic nitrogens is 2. The highest BCUT2D eigenvalue weighted by Crippen LogP contribution is 2.37. The van der Waals surface area contributed by atoms with Crippen LogP contribution in [-0.2, 0) is 17.4 Å². The number of piperidine rings is 1. The predicted octanol–water partition coefficient (Wildman–Crippen LogP) is 4.16. The van der Waals surface area contributed by atoms with E-state index in [9.17, 15) is 23.5 Å². The van der Waals surface area contributed by atoms with Crippen LogP contribution in [0.25, 0.3) is 10.9 Å². The SMILES string of the molecule is CC(=O)N1CCC(O)(c2cc3c(N[C@H](C)c4cccc(C(F)F)c4F)nc(C)c(C#CC4(N)CC4)c3n(C)c2=O)CC1. The molecular formula is C31H34F3N5O3. The molecule has 1 amide bonds. The Labute approximate surface area is 241 Å². The van der Waals surface area contributed by atoms with E-state index in [4.69, 9.17) is 10.7 Å². The first-order valence-electron chi connectivity index (χ1n) is 13.9. The Morgan fingerprint density at radius 2 is 1.83 bits per heavy atom. The first-order chi connectivity index (χ1) is 19.7. The number of aryl methyl sites for hydroxylation is 2. The van der Waals surface area contributed by atoms with E-state index in [0.717, 1.165) is 18.9 Å². The van der Waals surface area contributed by atoms with Crippen LogP contribution in [0.15, 0.2) is 29.1 Å². The molecule has 2 aliphatic rings. The zero-order chi connectivity index (χ0) is 30.6. The van der Waals surface area contributed by atoms with E-state index in [0.29, 0.717) is 22.2 Å². The van der Waals surface area contributed by atoms with Crippen molar-refractivity contribution in [2.75, 3.05) is 18.4 Å². The summed E-state index contributed by atoms with van der Waals surface area (Å²) in [6, 6.07) is 4.65. The van der Waals surface area contributed by atoms with Crippen molar-refractivity contribution < 1.29 is 23.1 Å². The number of amides is 1. The first-order valence-corrected chi connectivity index (χ1v) is 13.9. The molecule has 5 rings (SSSR count). The van der Waals surface area contributed by atoms with E-state index in [-0.39, 0.29) is 48.8 Å².